The van der Waals surface area contributed by atoms with Gasteiger partial charge in [0, 0.05) is 50.7 Å². The lowest BCUT2D eigenvalue weighted by Gasteiger charge is -2.38. The fourth-order valence-electron chi connectivity index (χ4n) is 6.69. The first-order chi connectivity index (χ1) is 19.4. The Balaban J connectivity index is 1.59. The summed E-state index contributed by atoms with van der Waals surface area (Å²) in [5.41, 5.74) is -1.10. The van der Waals surface area contributed by atoms with Crippen molar-refractivity contribution in [3.63, 3.8) is 0 Å². The van der Waals surface area contributed by atoms with E-state index in [4.69, 9.17) is 14.2 Å². The highest BCUT2D eigenvalue weighted by Crippen LogP contribution is 2.60. The third-order valence-corrected chi connectivity index (χ3v) is 9.45. The molecule has 1 N–H and O–H groups in total. The highest BCUT2D eigenvalue weighted by atomic mass is 79.9. The molecular weight excluding hydrogens is 582 g/mol. The van der Waals surface area contributed by atoms with E-state index in [1.165, 1.54) is 0 Å². The number of nitrogens with zero attached hydrogens (tertiary/aromatic N) is 3. The highest BCUT2D eigenvalue weighted by molar-refractivity contribution is 9.09. The number of rotatable bonds is 16. The summed E-state index contributed by atoms with van der Waals surface area (Å²) in [6.45, 7) is 12.8. The molecular formula is C29H44BrN3O7. The minimum atomic E-state index is -1.10. The predicted octanol–water partition coefficient (Wildman–Crippen LogP) is 1.75. The number of carbonyl (C=O) groups is 3. The van der Waals surface area contributed by atoms with E-state index < -0.39 is 35.6 Å². The summed E-state index contributed by atoms with van der Waals surface area (Å²) in [5.74, 6) is -2.37. The van der Waals surface area contributed by atoms with Crippen molar-refractivity contribution in [3.8, 4) is 0 Å². The molecule has 1 spiro atoms. The van der Waals surface area contributed by atoms with Crippen LogP contribution in [0.3, 0.4) is 0 Å². The summed E-state index contributed by atoms with van der Waals surface area (Å²) >= 11 is 3.71. The first-order valence-electron chi connectivity index (χ1n) is 14.6. The van der Waals surface area contributed by atoms with E-state index in [0.717, 1.165) is 25.9 Å². The van der Waals surface area contributed by atoms with Gasteiger partial charge in [0.25, 0.3) is 0 Å². The zero-order valence-corrected chi connectivity index (χ0v) is 25.0. The van der Waals surface area contributed by atoms with Crippen molar-refractivity contribution < 1.29 is 33.7 Å². The maximum absolute atomic E-state index is 14.4. The van der Waals surface area contributed by atoms with Crippen LogP contribution in [-0.4, -0.2) is 126 Å². The molecule has 0 saturated carbocycles. The first-order valence-corrected chi connectivity index (χ1v) is 15.5. The summed E-state index contributed by atoms with van der Waals surface area (Å²) in [6.07, 6.45) is 6.80. The lowest BCUT2D eigenvalue weighted by molar-refractivity contribution is -0.155. The third kappa shape index (κ3) is 6.33. The Hall–Kier alpha value is -1.79. The predicted molar refractivity (Wildman–Crippen MR) is 153 cm³/mol. The zero-order valence-electron chi connectivity index (χ0n) is 23.4. The Bertz CT molecular complexity index is 929. The molecule has 0 aliphatic carbocycles. The van der Waals surface area contributed by atoms with E-state index in [1.807, 2.05) is 0 Å². The number of allylic oxidation sites excluding steroid dienone is 1. The van der Waals surface area contributed by atoms with Gasteiger partial charge in [-0.15, -0.1) is 13.2 Å². The van der Waals surface area contributed by atoms with Crippen molar-refractivity contribution in [2.24, 2.45) is 11.8 Å². The molecule has 4 aliphatic rings. The van der Waals surface area contributed by atoms with Gasteiger partial charge in [-0.3, -0.25) is 19.3 Å². The minimum Gasteiger partial charge on any atom is -0.465 e. The summed E-state index contributed by atoms with van der Waals surface area (Å²) in [6, 6.07) is -0.840. The zero-order chi connectivity index (χ0) is 28.7. The van der Waals surface area contributed by atoms with Crippen LogP contribution in [0.25, 0.3) is 0 Å². The molecule has 4 rings (SSSR count). The maximum atomic E-state index is 14.4. The Labute approximate surface area is 245 Å². The van der Waals surface area contributed by atoms with Crippen molar-refractivity contribution in [3.05, 3.63) is 25.3 Å². The van der Waals surface area contributed by atoms with Gasteiger partial charge < -0.3 is 29.1 Å². The van der Waals surface area contributed by atoms with Crippen LogP contribution in [0.1, 0.15) is 38.5 Å². The molecule has 2 bridgehead atoms. The number of hydrogen-bond donors (Lipinski definition) is 1. The first kappa shape index (κ1) is 31.2. The van der Waals surface area contributed by atoms with Gasteiger partial charge in [0.05, 0.1) is 37.8 Å². The third-order valence-electron chi connectivity index (χ3n) is 8.60. The Morgan fingerprint density at radius 1 is 1.15 bits per heavy atom. The average molecular weight is 627 g/mol. The number of amides is 2. The second kappa shape index (κ2) is 14.4. The van der Waals surface area contributed by atoms with Crippen LogP contribution in [0.4, 0.5) is 0 Å². The van der Waals surface area contributed by atoms with E-state index in [2.05, 4.69) is 34.0 Å². The van der Waals surface area contributed by atoms with Crippen molar-refractivity contribution >= 4 is 33.7 Å². The maximum Gasteiger partial charge on any atom is 0.312 e. The number of aliphatic hydroxyl groups excluding tert-OH is 1. The topological polar surface area (TPSA) is 109 Å². The molecule has 6 atom stereocenters. The van der Waals surface area contributed by atoms with Gasteiger partial charge in [-0.05, 0) is 38.5 Å². The summed E-state index contributed by atoms with van der Waals surface area (Å²) in [7, 11) is 0. The number of aliphatic hydroxyl groups is 1. The van der Waals surface area contributed by atoms with Gasteiger partial charge in [-0.1, -0.05) is 28.1 Å². The fraction of sp³-hybridized carbons (Fsp3) is 0.759. The van der Waals surface area contributed by atoms with E-state index in [-0.39, 0.29) is 29.9 Å². The normalized spacial score (nSPS) is 31.3. The van der Waals surface area contributed by atoms with Gasteiger partial charge >= 0.3 is 5.97 Å². The number of ether oxygens (including phenoxy) is 3. The number of esters is 1. The van der Waals surface area contributed by atoms with Crippen LogP contribution >= 0.6 is 15.9 Å². The van der Waals surface area contributed by atoms with Gasteiger partial charge in [0.1, 0.15) is 11.6 Å². The molecule has 3 unspecified atom stereocenters. The molecule has 0 aromatic carbocycles. The summed E-state index contributed by atoms with van der Waals surface area (Å²) in [5, 5.41) is 9.25. The molecule has 4 heterocycles. The summed E-state index contributed by atoms with van der Waals surface area (Å²) in [4.78, 5) is 47.3. The smallest absolute Gasteiger partial charge is 0.312 e. The number of alkyl halides is 1. The number of hydrogen-bond acceptors (Lipinski definition) is 8. The molecule has 4 aliphatic heterocycles. The van der Waals surface area contributed by atoms with Crippen molar-refractivity contribution in [2.45, 2.75) is 61.1 Å². The van der Waals surface area contributed by atoms with Crippen molar-refractivity contribution in [1.29, 1.82) is 0 Å². The van der Waals surface area contributed by atoms with E-state index in [0.29, 0.717) is 65.1 Å². The second-order valence-electron chi connectivity index (χ2n) is 11.1. The van der Waals surface area contributed by atoms with E-state index in [9.17, 15) is 19.5 Å². The molecule has 4 saturated heterocycles. The second-order valence-corrected chi connectivity index (χ2v) is 12.3. The van der Waals surface area contributed by atoms with E-state index >= 15 is 0 Å². The van der Waals surface area contributed by atoms with Gasteiger partial charge in [-0.25, -0.2) is 0 Å². The van der Waals surface area contributed by atoms with Crippen LogP contribution in [0.15, 0.2) is 25.3 Å². The largest absolute Gasteiger partial charge is 0.465 e. The number of morpholine rings is 1. The van der Waals surface area contributed by atoms with Gasteiger partial charge in [0.15, 0.2) is 0 Å². The molecule has 0 aromatic rings. The number of unbranched alkanes of at least 4 members (excludes halogenated alkanes) is 3. The molecule has 224 valence electrons. The van der Waals surface area contributed by atoms with Gasteiger partial charge in [-0.2, -0.15) is 0 Å². The molecule has 10 nitrogen and oxygen atoms in total. The number of fused-ring (bicyclic) bond motifs is 1. The van der Waals surface area contributed by atoms with Crippen LogP contribution < -0.4 is 0 Å². The standard InChI is InChI=1S/C29H44BrN3O7/c1-3-5-9-17-39-28(37)22-23-26(35)33(11-7-6-8-16-34)25(29(23)20-21(30)24(22)40-29)27(36)32(10-4-2)13-12-31-14-18-38-19-15-31/h3-4,21-25,34H,1-2,5-20H2/t21?,22-,23+,24-,25?,29?/m1/s1. The Morgan fingerprint density at radius 2 is 1.93 bits per heavy atom. The van der Waals surface area contributed by atoms with Crippen LogP contribution in [-0.2, 0) is 28.6 Å². The molecule has 4 fully saturated rings. The fourth-order valence-corrected chi connectivity index (χ4v) is 7.64. The minimum absolute atomic E-state index is 0.0767. The molecule has 11 heteroatoms. The quantitative estimate of drug-likeness (QED) is 0.120. The molecule has 0 radical (unpaired) electrons. The Kier molecular flexibility index (Phi) is 11.2. The number of carbonyl (C=O) groups excluding carboxylic acids is 3. The van der Waals surface area contributed by atoms with Crippen LogP contribution in [0.5, 0.6) is 0 Å². The SMILES string of the molecule is C=CCCCOC(=O)[C@H]1[C@@H]2OC3(CC2Br)C(C(=O)N(CC=C)CCN2CCOCC2)N(CCCCCO)C(=O)[C@H]13. The van der Waals surface area contributed by atoms with Crippen molar-refractivity contribution in [2.75, 3.05) is 65.7 Å². The monoisotopic (exact) mass is 625 g/mol. The van der Waals surface area contributed by atoms with Crippen LogP contribution in [0.2, 0.25) is 0 Å². The lowest BCUT2D eigenvalue weighted by Crippen LogP contribution is -2.57. The van der Waals surface area contributed by atoms with Gasteiger partial charge in [0.2, 0.25) is 11.8 Å². The average Bonchev–Trinajstić information content (AvgIpc) is 3.55. The molecule has 2 amide bonds. The number of likely N-dealkylation sites (tertiary alicyclic amines) is 1. The Morgan fingerprint density at radius 3 is 2.62 bits per heavy atom. The summed E-state index contributed by atoms with van der Waals surface area (Å²) < 4.78 is 17.6. The molecule has 0 aromatic heterocycles. The van der Waals surface area contributed by atoms with Crippen LogP contribution in [0, 0.1) is 11.8 Å². The van der Waals surface area contributed by atoms with Crippen molar-refractivity contribution in [1.82, 2.24) is 14.7 Å². The number of halogens is 1. The van der Waals surface area contributed by atoms with E-state index in [1.54, 1.807) is 22.0 Å². The highest BCUT2D eigenvalue weighted by Gasteiger charge is 2.77. The lowest BCUT2D eigenvalue weighted by atomic mass is 9.70. The molecule has 40 heavy (non-hydrogen) atoms.